The largest absolute Gasteiger partial charge is 0.409 e. The van der Waals surface area contributed by atoms with Crippen LogP contribution in [-0.2, 0) is 4.74 Å². The number of rotatable bonds is 4. The van der Waals surface area contributed by atoms with Crippen LogP contribution in [-0.4, -0.2) is 35.4 Å². The first-order valence-electron chi connectivity index (χ1n) is 8.90. The lowest BCUT2D eigenvalue weighted by atomic mass is 9.78. The number of amides is 1. The summed E-state index contributed by atoms with van der Waals surface area (Å²) in [5.41, 5.74) is 1.43. The number of nitrogens with one attached hydrogen (secondary N) is 2. The normalized spacial score (nSPS) is 20.7. The maximum absolute atomic E-state index is 12.5. The van der Waals surface area contributed by atoms with Crippen molar-refractivity contribution in [2.75, 3.05) is 13.2 Å². The van der Waals surface area contributed by atoms with Crippen molar-refractivity contribution in [3.8, 4) is 11.5 Å². The number of hydrogen-bond donors (Lipinski definition) is 2. The third-order valence-corrected chi connectivity index (χ3v) is 4.83. The quantitative estimate of drug-likeness (QED) is 0.791. The van der Waals surface area contributed by atoms with E-state index in [1.54, 1.807) is 24.3 Å². The van der Waals surface area contributed by atoms with E-state index in [1.807, 2.05) is 0 Å². The van der Waals surface area contributed by atoms with E-state index in [9.17, 15) is 4.79 Å². The predicted molar refractivity (Wildman–Crippen MR) is 101 cm³/mol. The molecule has 1 fully saturated rings. The van der Waals surface area contributed by atoms with Crippen LogP contribution in [0.2, 0.25) is 0 Å². The molecule has 1 amide bonds. The second-order valence-electron chi connectivity index (χ2n) is 7.77. The van der Waals surface area contributed by atoms with Gasteiger partial charge in [-0.3, -0.25) is 4.79 Å². The minimum absolute atomic E-state index is 0.0636. The highest BCUT2D eigenvalue weighted by Crippen LogP contribution is 2.33. The molecule has 0 saturated carbocycles. The van der Waals surface area contributed by atoms with Crippen molar-refractivity contribution in [2.45, 2.75) is 39.7 Å². The van der Waals surface area contributed by atoms with Crippen molar-refractivity contribution in [1.82, 2.24) is 15.5 Å². The molecular formula is C19H25N3O3S. The molecule has 7 heteroatoms. The molecule has 2 atom stereocenters. The van der Waals surface area contributed by atoms with Crippen LogP contribution in [0.3, 0.4) is 0 Å². The van der Waals surface area contributed by atoms with Crippen molar-refractivity contribution < 1.29 is 13.9 Å². The Bertz CT molecular complexity index is 804. The minimum atomic E-state index is -0.0855. The van der Waals surface area contributed by atoms with Crippen LogP contribution in [0, 0.1) is 16.2 Å². The fourth-order valence-electron chi connectivity index (χ4n) is 3.45. The molecule has 26 heavy (non-hydrogen) atoms. The van der Waals surface area contributed by atoms with Crippen molar-refractivity contribution in [1.29, 1.82) is 0 Å². The molecule has 0 aliphatic carbocycles. The Balaban J connectivity index is 1.62. The summed E-state index contributed by atoms with van der Waals surface area (Å²) < 4.78 is 11.3. The van der Waals surface area contributed by atoms with Gasteiger partial charge in [0.05, 0.1) is 6.10 Å². The average molecular weight is 375 g/mol. The molecule has 1 saturated heterocycles. The predicted octanol–water partition coefficient (Wildman–Crippen LogP) is 3.97. The topological polar surface area (TPSA) is 80.1 Å². The highest BCUT2D eigenvalue weighted by Gasteiger charge is 2.35. The van der Waals surface area contributed by atoms with Gasteiger partial charge in [0, 0.05) is 30.2 Å². The number of ether oxygens (including phenoxy) is 1. The van der Waals surface area contributed by atoms with Crippen LogP contribution in [0.15, 0.2) is 28.7 Å². The Kier molecular flexibility index (Phi) is 5.58. The van der Waals surface area contributed by atoms with Crippen molar-refractivity contribution in [2.24, 2.45) is 11.3 Å². The van der Waals surface area contributed by atoms with Crippen LogP contribution < -0.4 is 5.32 Å². The second-order valence-corrected chi connectivity index (χ2v) is 8.14. The molecule has 6 nitrogen and oxygen atoms in total. The SMILES string of the molecule is CC(C)(C)[C@@H]1OCCC[C@@H]1CNC(=O)c1ccc(-c2n[nH]c(=S)o2)cc1. The zero-order chi connectivity index (χ0) is 18.7. The second kappa shape index (κ2) is 7.72. The smallest absolute Gasteiger partial charge is 0.284 e. The third-order valence-electron chi connectivity index (χ3n) is 4.66. The number of carbonyl (C=O) groups excluding carboxylic acids is 1. The molecule has 1 aliphatic rings. The van der Waals surface area contributed by atoms with E-state index in [2.05, 4.69) is 36.3 Å². The van der Waals surface area contributed by atoms with Crippen molar-refractivity contribution >= 4 is 18.1 Å². The van der Waals surface area contributed by atoms with Gasteiger partial charge >= 0.3 is 0 Å². The van der Waals surface area contributed by atoms with E-state index >= 15 is 0 Å². The van der Waals surface area contributed by atoms with Gasteiger partial charge in [-0.2, -0.15) is 0 Å². The first kappa shape index (κ1) is 18.8. The Morgan fingerprint density at radius 3 is 2.69 bits per heavy atom. The molecule has 1 aromatic heterocycles. The van der Waals surface area contributed by atoms with Crippen LogP contribution >= 0.6 is 12.2 Å². The molecule has 1 aliphatic heterocycles. The van der Waals surface area contributed by atoms with E-state index in [0.717, 1.165) is 25.0 Å². The summed E-state index contributed by atoms with van der Waals surface area (Å²) in [7, 11) is 0. The monoisotopic (exact) mass is 375 g/mol. The number of hydrogen-bond acceptors (Lipinski definition) is 5. The van der Waals surface area contributed by atoms with Crippen LogP contribution in [0.25, 0.3) is 11.5 Å². The lowest BCUT2D eigenvalue weighted by molar-refractivity contribution is -0.0839. The Morgan fingerprint density at radius 1 is 1.35 bits per heavy atom. The highest BCUT2D eigenvalue weighted by molar-refractivity contribution is 7.71. The van der Waals surface area contributed by atoms with Gasteiger partial charge in [0.15, 0.2) is 0 Å². The molecule has 140 valence electrons. The van der Waals surface area contributed by atoms with Gasteiger partial charge in [0.1, 0.15) is 0 Å². The Hall–Kier alpha value is -1.99. The summed E-state index contributed by atoms with van der Waals surface area (Å²) in [5.74, 6) is 0.660. The van der Waals surface area contributed by atoms with Gasteiger partial charge < -0.3 is 14.5 Å². The van der Waals surface area contributed by atoms with Gasteiger partial charge in [-0.25, -0.2) is 5.10 Å². The summed E-state index contributed by atoms with van der Waals surface area (Å²) in [6, 6.07) is 7.11. The summed E-state index contributed by atoms with van der Waals surface area (Å²) in [5, 5.41) is 9.62. The zero-order valence-corrected chi connectivity index (χ0v) is 16.2. The zero-order valence-electron chi connectivity index (χ0n) is 15.4. The number of carbonyl (C=O) groups is 1. The third kappa shape index (κ3) is 4.40. The maximum atomic E-state index is 12.5. The molecule has 2 N–H and O–H groups in total. The van der Waals surface area contributed by atoms with Gasteiger partial charge in [0.25, 0.3) is 10.7 Å². The van der Waals surface area contributed by atoms with Crippen LogP contribution in [0.1, 0.15) is 44.0 Å². The molecule has 0 bridgehead atoms. The van der Waals surface area contributed by atoms with Crippen LogP contribution in [0.5, 0.6) is 0 Å². The van der Waals surface area contributed by atoms with E-state index in [4.69, 9.17) is 21.4 Å². The van der Waals surface area contributed by atoms with Crippen LogP contribution in [0.4, 0.5) is 0 Å². The van der Waals surface area contributed by atoms with Gasteiger partial charge in [-0.15, -0.1) is 5.10 Å². The lowest BCUT2D eigenvalue weighted by Gasteiger charge is -2.40. The number of benzene rings is 1. The number of aromatic amines is 1. The number of nitrogens with zero attached hydrogens (tertiary/aromatic N) is 1. The first-order chi connectivity index (χ1) is 12.3. The number of H-pyrrole nitrogens is 1. The lowest BCUT2D eigenvalue weighted by Crippen LogP contribution is -2.45. The summed E-state index contributed by atoms with van der Waals surface area (Å²) in [4.78, 5) is 12.7. The Morgan fingerprint density at radius 2 is 2.08 bits per heavy atom. The van der Waals surface area contributed by atoms with Gasteiger partial charge in [0.2, 0.25) is 5.89 Å². The van der Waals surface area contributed by atoms with E-state index in [-0.39, 0.29) is 22.3 Å². The molecular weight excluding hydrogens is 350 g/mol. The van der Waals surface area contributed by atoms with E-state index in [0.29, 0.717) is 23.9 Å². The summed E-state index contributed by atoms with van der Waals surface area (Å²) in [6.07, 6.45) is 2.28. The van der Waals surface area contributed by atoms with Gasteiger partial charge in [-0.05, 0) is 54.7 Å². The highest BCUT2D eigenvalue weighted by atomic mass is 32.1. The molecule has 0 radical (unpaired) electrons. The average Bonchev–Trinajstić information content (AvgIpc) is 3.06. The summed E-state index contributed by atoms with van der Waals surface area (Å²) >= 11 is 4.87. The first-order valence-corrected chi connectivity index (χ1v) is 9.31. The van der Waals surface area contributed by atoms with E-state index < -0.39 is 0 Å². The summed E-state index contributed by atoms with van der Waals surface area (Å²) in [6.45, 7) is 7.98. The van der Waals surface area contributed by atoms with Crippen molar-refractivity contribution in [3.63, 3.8) is 0 Å². The van der Waals surface area contributed by atoms with Crippen molar-refractivity contribution in [3.05, 3.63) is 34.7 Å². The molecule has 2 aromatic rings. The van der Waals surface area contributed by atoms with Gasteiger partial charge in [-0.1, -0.05) is 20.8 Å². The molecule has 1 aromatic carbocycles. The fourth-order valence-corrected chi connectivity index (χ4v) is 3.58. The molecule has 0 spiro atoms. The minimum Gasteiger partial charge on any atom is -0.409 e. The standard InChI is InChI=1S/C19H25N3O3S/c1-19(2,3)15-14(5-4-10-24-15)11-20-16(23)12-6-8-13(9-7-12)17-21-22-18(26)25-17/h6-9,14-15H,4-5,10-11H2,1-3H3,(H,20,23)(H,22,26)/t14-,15-/m1/s1. The molecule has 3 rings (SSSR count). The fraction of sp³-hybridized carbons (Fsp3) is 0.526. The maximum Gasteiger partial charge on any atom is 0.284 e. The van der Waals surface area contributed by atoms with E-state index in [1.165, 1.54) is 0 Å². The number of aromatic nitrogens is 2. The molecule has 2 heterocycles. The Labute approximate surface area is 158 Å². The molecule has 0 unspecified atom stereocenters.